The molecule has 10 nitrogen and oxygen atoms in total. The van der Waals surface area contributed by atoms with Crippen molar-refractivity contribution in [1.82, 2.24) is 19.9 Å². The number of fused-ring (bicyclic) bond motifs is 2. The van der Waals surface area contributed by atoms with Crippen LogP contribution in [0.4, 0.5) is 11.6 Å². The van der Waals surface area contributed by atoms with Crippen LogP contribution in [0.2, 0.25) is 0 Å². The summed E-state index contributed by atoms with van der Waals surface area (Å²) in [6.45, 7) is 8.23. The highest BCUT2D eigenvalue weighted by molar-refractivity contribution is 6.03. The highest BCUT2D eigenvalue weighted by atomic mass is 16.5. The molecule has 4 aromatic rings. The van der Waals surface area contributed by atoms with Crippen molar-refractivity contribution < 1.29 is 18.7 Å². The number of carbonyl (C=O) groups excluding carboxylic acids is 1. The quantitative estimate of drug-likeness (QED) is 0.353. The Kier molecular flexibility index (Phi) is 6.37. The predicted octanol–water partition coefficient (Wildman–Crippen LogP) is 4.32. The molecule has 1 saturated carbocycles. The molecule has 2 fully saturated rings. The number of hydrogen-bond donors (Lipinski definition) is 2. The van der Waals surface area contributed by atoms with Gasteiger partial charge in [-0.2, -0.15) is 0 Å². The Hall–Kier alpha value is -3.76. The minimum atomic E-state index is -0.117. The summed E-state index contributed by atoms with van der Waals surface area (Å²) in [6.07, 6.45) is 5.30. The van der Waals surface area contributed by atoms with E-state index in [0.717, 1.165) is 61.2 Å². The summed E-state index contributed by atoms with van der Waals surface area (Å²) in [5, 5.41) is 7.68. The van der Waals surface area contributed by atoms with Crippen molar-refractivity contribution in [1.29, 1.82) is 0 Å². The Bertz CT molecular complexity index is 1490. The molecule has 3 aromatic heterocycles. The molecule has 0 unspecified atom stereocenters. The van der Waals surface area contributed by atoms with Gasteiger partial charge in [-0.1, -0.05) is 0 Å². The van der Waals surface area contributed by atoms with Gasteiger partial charge in [-0.15, -0.1) is 0 Å². The lowest BCUT2D eigenvalue weighted by atomic mass is 10.0. The minimum absolute atomic E-state index is 0.00693. The Balaban J connectivity index is 1.28. The number of hydrogen-bond acceptors (Lipinski definition) is 9. The van der Waals surface area contributed by atoms with E-state index in [1.165, 1.54) is 0 Å². The van der Waals surface area contributed by atoms with Crippen molar-refractivity contribution in [2.75, 3.05) is 50.6 Å². The molecule has 0 radical (unpaired) electrons. The van der Waals surface area contributed by atoms with Crippen LogP contribution in [0.1, 0.15) is 26.7 Å². The van der Waals surface area contributed by atoms with Crippen molar-refractivity contribution in [2.24, 2.45) is 5.92 Å². The van der Waals surface area contributed by atoms with Gasteiger partial charge in [-0.3, -0.25) is 9.69 Å². The molecular weight excluding hydrogens is 484 g/mol. The molecule has 2 N–H and O–H groups in total. The van der Waals surface area contributed by atoms with Crippen LogP contribution in [0.3, 0.4) is 0 Å². The zero-order valence-corrected chi connectivity index (χ0v) is 21.9. The lowest BCUT2D eigenvalue weighted by Gasteiger charge is -2.40. The van der Waals surface area contributed by atoms with E-state index in [2.05, 4.69) is 39.3 Å². The van der Waals surface area contributed by atoms with Crippen LogP contribution in [0.25, 0.3) is 33.3 Å². The Morgan fingerprint density at radius 1 is 1.13 bits per heavy atom. The molecule has 1 amide bonds. The van der Waals surface area contributed by atoms with E-state index in [1.807, 2.05) is 31.3 Å². The van der Waals surface area contributed by atoms with Gasteiger partial charge in [-0.25, -0.2) is 15.0 Å². The largest absolute Gasteiger partial charge is 0.492 e. The Morgan fingerprint density at radius 3 is 2.71 bits per heavy atom. The number of nitrogens with zero attached hydrogens (tertiary/aromatic N) is 4. The maximum Gasteiger partial charge on any atom is 0.229 e. The second-order valence-electron chi connectivity index (χ2n) is 10.5. The number of benzene rings is 1. The molecule has 0 atom stereocenters. The zero-order valence-electron chi connectivity index (χ0n) is 21.9. The fourth-order valence-electron chi connectivity index (χ4n) is 4.78. The lowest BCUT2D eigenvalue weighted by Crippen LogP contribution is -2.53. The summed E-state index contributed by atoms with van der Waals surface area (Å²) in [7, 11) is 1.81. The summed E-state index contributed by atoms with van der Waals surface area (Å²) in [4.78, 5) is 28.5. The average Bonchev–Trinajstić information content (AvgIpc) is 3.71. The normalized spacial score (nSPS) is 16.6. The number of aromatic nitrogens is 3. The van der Waals surface area contributed by atoms with E-state index in [1.54, 1.807) is 12.4 Å². The van der Waals surface area contributed by atoms with E-state index in [9.17, 15) is 4.79 Å². The summed E-state index contributed by atoms with van der Waals surface area (Å²) >= 11 is 0. The monoisotopic (exact) mass is 516 g/mol. The zero-order chi connectivity index (χ0) is 26.3. The van der Waals surface area contributed by atoms with Crippen LogP contribution in [-0.2, 0) is 9.53 Å². The molecule has 6 rings (SSSR count). The SMILES string of the molecule is CNc1ncc(-c2nc3cc(OCC(C)(C)N4CCOCC4)ccc3o2)c2cc(NC(=O)C3CC3)ncc12. The highest BCUT2D eigenvalue weighted by Crippen LogP contribution is 2.35. The summed E-state index contributed by atoms with van der Waals surface area (Å²) in [5.41, 5.74) is 1.95. The minimum Gasteiger partial charge on any atom is -0.492 e. The Morgan fingerprint density at radius 2 is 1.95 bits per heavy atom. The molecule has 1 aromatic carbocycles. The van der Waals surface area contributed by atoms with E-state index in [-0.39, 0.29) is 17.4 Å². The van der Waals surface area contributed by atoms with Crippen molar-refractivity contribution in [3.05, 3.63) is 36.7 Å². The molecule has 2 aliphatic rings. The van der Waals surface area contributed by atoms with Gasteiger partial charge >= 0.3 is 0 Å². The van der Waals surface area contributed by atoms with Gasteiger partial charge in [0.25, 0.3) is 0 Å². The number of carbonyl (C=O) groups is 1. The molecule has 10 heteroatoms. The number of nitrogens with one attached hydrogen (secondary N) is 2. The second kappa shape index (κ2) is 9.85. The smallest absolute Gasteiger partial charge is 0.229 e. The van der Waals surface area contributed by atoms with Gasteiger partial charge in [0.1, 0.15) is 29.5 Å². The first-order chi connectivity index (χ1) is 18.4. The molecule has 198 valence electrons. The van der Waals surface area contributed by atoms with Crippen molar-refractivity contribution in [3.63, 3.8) is 0 Å². The van der Waals surface area contributed by atoms with Crippen LogP contribution in [0.5, 0.6) is 5.75 Å². The molecular formula is C28H32N6O4. The topological polar surface area (TPSA) is 115 Å². The van der Waals surface area contributed by atoms with Crippen molar-refractivity contribution >= 4 is 39.4 Å². The number of oxazole rings is 1. The fourth-order valence-corrected chi connectivity index (χ4v) is 4.78. The molecule has 0 bridgehead atoms. The predicted molar refractivity (Wildman–Crippen MR) is 145 cm³/mol. The van der Waals surface area contributed by atoms with Crippen LogP contribution in [-0.4, -0.2) is 71.3 Å². The van der Waals surface area contributed by atoms with E-state index in [4.69, 9.17) is 18.9 Å². The third-order valence-corrected chi connectivity index (χ3v) is 7.26. The maximum absolute atomic E-state index is 12.3. The van der Waals surface area contributed by atoms with Gasteiger partial charge in [0, 0.05) is 60.8 Å². The number of rotatable bonds is 8. The third-order valence-electron chi connectivity index (χ3n) is 7.26. The van der Waals surface area contributed by atoms with Crippen molar-refractivity contribution in [2.45, 2.75) is 32.2 Å². The van der Waals surface area contributed by atoms with Crippen LogP contribution < -0.4 is 15.4 Å². The van der Waals surface area contributed by atoms with Gasteiger partial charge in [0.05, 0.1) is 18.8 Å². The van der Waals surface area contributed by atoms with Gasteiger partial charge in [0.15, 0.2) is 5.58 Å². The highest BCUT2D eigenvalue weighted by Gasteiger charge is 2.30. The summed E-state index contributed by atoms with van der Waals surface area (Å²) < 4.78 is 17.8. The van der Waals surface area contributed by atoms with E-state index >= 15 is 0 Å². The van der Waals surface area contributed by atoms with E-state index in [0.29, 0.717) is 35.2 Å². The molecule has 1 aliphatic carbocycles. The van der Waals surface area contributed by atoms with Gasteiger partial charge < -0.3 is 24.5 Å². The average molecular weight is 517 g/mol. The number of morpholine rings is 1. The van der Waals surface area contributed by atoms with Crippen molar-refractivity contribution in [3.8, 4) is 17.2 Å². The molecule has 4 heterocycles. The van der Waals surface area contributed by atoms with Crippen LogP contribution in [0, 0.1) is 5.92 Å². The molecule has 0 spiro atoms. The first-order valence-electron chi connectivity index (χ1n) is 13.1. The standard InChI is InChI=1S/C28H32N6O4/c1-28(2,34-8-10-36-11-9-34)16-37-18-6-7-23-22(12-18)32-27(38-23)21-15-31-25(29-3)20-14-30-24(13-19(20)21)33-26(35)17-4-5-17/h6-7,12-15,17H,4-5,8-11,16H2,1-3H3,(H,29,31)(H,30,33,35). The summed E-state index contributed by atoms with van der Waals surface area (Å²) in [5.74, 6) is 2.46. The number of amides is 1. The van der Waals surface area contributed by atoms with E-state index < -0.39 is 0 Å². The third kappa shape index (κ3) is 4.89. The lowest BCUT2D eigenvalue weighted by molar-refractivity contribution is -0.117. The first kappa shape index (κ1) is 24.6. The number of ether oxygens (including phenoxy) is 2. The second-order valence-corrected chi connectivity index (χ2v) is 10.5. The number of anilines is 2. The molecule has 1 aliphatic heterocycles. The maximum atomic E-state index is 12.3. The van der Waals surface area contributed by atoms with Gasteiger partial charge in [-0.05, 0) is 44.9 Å². The number of pyridine rings is 2. The molecule has 38 heavy (non-hydrogen) atoms. The molecule has 1 saturated heterocycles. The van der Waals surface area contributed by atoms with Crippen LogP contribution >= 0.6 is 0 Å². The Labute approximate surface area is 220 Å². The van der Waals surface area contributed by atoms with Crippen LogP contribution in [0.15, 0.2) is 41.1 Å². The first-order valence-corrected chi connectivity index (χ1v) is 13.1. The summed E-state index contributed by atoms with van der Waals surface area (Å²) in [6, 6.07) is 7.54. The fraction of sp³-hybridized carbons (Fsp3) is 0.429. The van der Waals surface area contributed by atoms with Gasteiger partial charge in [0.2, 0.25) is 11.8 Å².